The predicted octanol–water partition coefficient (Wildman–Crippen LogP) is 4.27. The summed E-state index contributed by atoms with van der Waals surface area (Å²) in [5.74, 6) is -0.148. The van der Waals surface area contributed by atoms with E-state index in [1.54, 1.807) is 18.5 Å². The first-order valence-corrected chi connectivity index (χ1v) is 10.7. The fourth-order valence-electron chi connectivity index (χ4n) is 3.77. The molecule has 0 saturated heterocycles. The highest BCUT2D eigenvalue weighted by atomic mass is 35.5. The van der Waals surface area contributed by atoms with Crippen molar-refractivity contribution in [1.82, 2.24) is 20.3 Å². The second-order valence-electron chi connectivity index (χ2n) is 7.77. The number of carbonyl (C=O) groups excluding carboxylic acids is 1. The number of fused-ring (bicyclic) bond motifs is 1. The number of hydrogen-bond acceptors (Lipinski definition) is 5. The largest absolute Gasteiger partial charge is 0.348 e. The molecule has 32 heavy (non-hydrogen) atoms. The number of halogens is 1. The Hall–Kier alpha value is -3.35. The third-order valence-electron chi connectivity index (χ3n) is 5.42. The topological polar surface area (TPSA) is 93.8 Å². The molecule has 0 aliphatic carbocycles. The van der Waals surface area contributed by atoms with E-state index < -0.39 is 0 Å². The van der Waals surface area contributed by atoms with Gasteiger partial charge in [-0.2, -0.15) is 0 Å². The summed E-state index contributed by atoms with van der Waals surface area (Å²) in [4.78, 5) is 26.0. The fraction of sp³-hybridized carbons (Fsp3) is 0.200. The van der Waals surface area contributed by atoms with E-state index in [0.717, 1.165) is 44.7 Å². The molecule has 0 aliphatic heterocycles. The number of benzene rings is 1. The van der Waals surface area contributed by atoms with Gasteiger partial charge in [-0.15, -0.1) is 0 Å². The number of nitrogens with one attached hydrogen (secondary N) is 1. The molecule has 0 spiro atoms. The second-order valence-corrected chi connectivity index (χ2v) is 8.21. The Labute approximate surface area is 191 Å². The van der Waals surface area contributed by atoms with E-state index in [2.05, 4.69) is 20.3 Å². The van der Waals surface area contributed by atoms with Gasteiger partial charge in [-0.1, -0.05) is 17.7 Å². The first-order chi connectivity index (χ1) is 15.4. The molecule has 1 aromatic carbocycles. The molecule has 0 unspecified atom stereocenters. The van der Waals surface area contributed by atoms with Crippen molar-refractivity contribution >= 4 is 28.4 Å². The van der Waals surface area contributed by atoms with E-state index in [1.165, 1.54) is 0 Å². The molecule has 0 atom stereocenters. The van der Waals surface area contributed by atoms with Crippen molar-refractivity contribution in [2.24, 2.45) is 5.73 Å². The number of aromatic nitrogens is 3. The van der Waals surface area contributed by atoms with Crippen LogP contribution < -0.4 is 11.1 Å². The minimum Gasteiger partial charge on any atom is -0.348 e. The Morgan fingerprint density at radius 1 is 1.06 bits per heavy atom. The maximum Gasteiger partial charge on any atom is 0.251 e. The molecule has 0 aliphatic rings. The van der Waals surface area contributed by atoms with Crippen molar-refractivity contribution in [3.8, 4) is 0 Å². The Morgan fingerprint density at radius 2 is 1.91 bits per heavy atom. The van der Waals surface area contributed by atoms with Crippen LogP contribution in [0.3, 0.4) is 0 Å². The summed E-state index contributed by atoms with van der Waals surface area (Å²) < 4.78 is 0. The minimum atomic E-state index is -0.148. The normalized spacial score (nSPS) is 11.0. The van der Waals surface area contributed by atoms with Crippen LogP contribution in [0.25, 0.3) is 10.9 Å². The van der Waals surface area contributed by atoms with Crippen LogP contribution in [-0.2, 0) is 19.5 Å². The highest BCUT2D eigenvalue weighted by Gasteiger charge is 2.11. The first-order valence-electron chi connectivity index (χ1n) is 10.4. The summed E-state index contributed by atoms with van der Waals surface area (Å²) in [6.07, 6.45) is 3.91. The van der Waals surface area contributed by atoms with Crippen LogP contribution in [0.1, 0.15) is 44.1 Å². The third kappa shape index (κ3) is 4.93. The quantitative estimate of drug-likeness (QED) is 0.462. The first kappa shape index (κ1) is 21.9. The van der Waals surface area contributed by atoms with E-state index >= 15 is 0 Å². The van der Waals surface area contributed by atoms with Crippen LogP contribution in [0.4, 0.5) is 0 Å². The van der Waals surface area contributed by atoms with Gasteiger partial charge in [0.05, 0.1) is 16.2 Å². The number of amides is 1. The van der Waals surface area contributed by atoms with Gasteiger partial charge in [0.2, 0.25) is 0 Å². The van der Waals surface area contributed by atoms with Gasteiger partial charge in [0.25, 0.3) is 5.91 Å². The van der Waals surface area contributed by atoms with Crippen LogP contribution in [0, 0.1) is 13.8 Å². The lowest BCUT2D eigenvalue weighted by Gasteiger charge is -2.12. The lowest BCUT2D eigenvalue weighted by molar-refractivity contribution is 0.0950. The van der Waals surface area contributed by atoms with Crippen molar-refractivity contribution < 1.29 is 4.79 Å². The van der Waals surface area contributed by atoms with Gasteiger partial charge >= 0.3 is 0 Å². The molecular weight excluding hydrogens is 422 g/mol. The van der Waals surface area contributed by atoms with Gasteiger partial charge in [-0.3, -0.25) is 19.7 Å². The van der Waals surface area contributed by atoms with E-state index in [1.807, 2.05) is 50.2 Å². The summed E-state index contributed by atoms with van der Waals surface area (Å²) in [7, 11) is 0. The van der Waals surface area contributed by atoms with Crippen LogP contribution in [0.5, 0.6) is 0 Å². The van der Waals surface area contributed by atoms with E-state index in [-0.39, 0.29) is 5.91 Å². The Balaban J connectivity index is 1.47. The Morgan fingerprint density at radius 3 is 2.69 bits per heavy atom. The molecular formula is C25H24ClN5O. The van der Waals surface area contributed by atoms with Crippen LogP contribution in [-0.4, -0.2) is 20.9 Å². The van der Waals surface area contributed by atoms with E-state index in [4.69, 9.17) is 17.3 Å². The summed E-state index contributed by atoms with van der Waals surface area (Å²) in [5, 5.41) is 4.57. The highest BCUT2D eigenvalue weighted by molar-refractivity contribution is 6.31. The molecule has 6 nitrogen and oxygen atoms in total. The van der Waals surface area contributed by atoms with Gasteiger partial charge in [0.1, 0.15) is 0 Å². The Kier molecular flexibility index (Phi) is 6.44. The molecule has 1 amide bonds. The lowest BCUT2D eigenvalue weighted by atomic mass is 10.0. The molecule has 0 fully saturated rings. The monoisotopic (exact) mass is 445 g/mol. The van der Waals surface area contributed by atoms with Crippen LogP contribution in [0.2, 0.25) is 5.02 Å². The molecule has 3 heterocycles. The van der Waals surface area contributed by atoms with Crippen LogP contribution >= 0.6 is 11.6 Å². The standard InChI is InChI=1S/C25H24ClN5O/c1-15-7-22(12-27)31-16(2)23(15)14-30-25(32)18-5-6-28-21(11-18)9-17-3-4-24-19(8-17)10-20(26)13-29-24/h3-8,10-11,13H,9,12,14,27H2,1-2H3,(H,30,32). The third-order valence-corrected chi connectivity index (χ3v) is 5.63. The average molecular weight is 446 g/mol. The smallest absolute Gasteiger partial charge is 0.251 e. The number of hydrogen-bond donors (Lipinski definition) is 2. The zero-order valence-electron chi connectivity index (χ0n) is 18.0. The molecule has 0 saturated carbocycles. The highest BCUT2D eigenvalue weighted by Crippen LogP contribution is 2.20. The summed E-state index contributed by atoms with van der Waals surface area (Å²) >= 11 is 6.07. The summed E-state index contributed by atoms with van der Waals surface area (Å²) in [6, 6.07) is 13.4. The zero-order valence-corrected chi connectivity index (χ0v) is 18.8. The van der Waals surface area contributed by atoms with E-state index in [0.29, 0.717) is 30.1 Å². The number of carbonyl (C=O) groups is 1. The maximum absolute atomic E-state index is 12.8. The van der Waals surface area contributed by atoms with Crippen molar-refractivity contribution in [3.05, 3.63) is 99.2 Å². The SMILES string of the molecule is Cc1cc(CN)nc(C)c1CNC(=O)c1ccnc(Cc2ccc3ncc(Cl)cc3c2)c1. The second kappa shape index (κ2) is 9.42. The van der Waals surface area contributed by atoms with Gasteiger partial charge in [0.15, 0.2) is 0 Å². The minimum absolute atomic E-state index is 0.148. The zero-order chi connectivity index (χ0) is 22.7. The molecule has 4 aromatic rings. The maximum atomic E-state index is 12.8. The van der Waals surface area contributed by atoms with Crippen molar-refractivity contribution in [3.63, 3.8) is 0 Å². The molecule has 4 rings (SSSR count). The number of pyridine rings is 3. The number of nitrogens with two attached hydrogens (primary N) is 1. The number of rotatable bonds is 6. The van der Waals surface area contributed by atoms with Gasteiger partial charge in [0, 0.05) is 54.2 Å². The molecule has 3 N–H and O–H groups in total. The van der Waals surface area contributed by atoms with Crippen LogP contribution in [0.15, 0.2) is 54.9 Å². The van der Waals surface area contributed by atoms with Gasteiger partial charge in [-0.25, -0.2) is 0 Å². The molecule has 7 heteroatoms. The van der Waals surface area contributed by atoms with E-state index in [9.17, 15) is 4.79 Å². The molecule has 0 radical (unpaired) electrons. The number of aryl methyl sites for hydroxylation is 2. The molecule has 3 aromatic heterocycles. The van der Waals surface area contributed by atoms with Gasteiger partial charge in [-0.05, 0) is 66.9 Å². The van der Waals surface area contributed by atoms with Crippen molar-refractivity contribution in [2.45, 2.75) is 33.4 Å². The predicted molar refractivity (Wildman–Crippen MR) is 127 cm³/mol. The molecule has 0 bridgehead atoms. The van der Waals surface area contributed by atoms with Crippen molar-refractivity contribution in [2.75, 3.05) is 0 Å². The van der Waals surface area contributed by atoms with Crippen molar-refractivity contribution in [1.29, 1.82) is 0 Å². The lowest BCUT2D eigenvalue weighted by Crippen LogP contribution is -2.24. The Bertz CT molecular complexity index is 1280. The summed E-state index contributed by atoms with van der Waals surface area (Å²) in [5.41, 5.74) is 12.8. The fourth-order valence-corrected chi connectivity index (χ4v) is 3.94. The average Bonchev–Trinajstić information content (AvgIpc) is 2.78. The van der Waals surface area contributed by atoms with Gasteiger partial charge < -0.3 is 11.1 Å². The number of nitrogens with zero attached hydrogens (tertiary/aromatic N) is 3. The summed E-state index contributed by atoms with van der Waals surface area (Å²) in [6.45, 7) is 4.75. The molecule has 162 valence electrons.